The fourth-order valence-electron chi connectivity index (χ4n) is 9.26. The SMILES string of the molecule is CCCCCCCCCCCCCCCCCCCCCCCCCCCCCCCCCCCC(=O)OCCCCCCCCCCCCCCCCCCCCC. The number of esters is 1. The highest BCUT2D eigenvalue weighted by Gasteiger charge is 2.03. The summed E-state index contributed by atoms with van der Waals surface area (Å²) in [6.07, 6.45) is 74.3. The van der Waals surface area contributed by atoms with Crippen LogP contribution < -0.4 is 0 Å². The van der Waals surface area contributed by atoms with Gasteiger partial charge in [-0.25, -0.2) is 0 Å². The number of hydrogen-bond acceptors (Lipinski definition) is 2. The normalized spacial score (nSPS) is 11.6. The van der Waals surface area contributed by atoms with Gasteiger partial charge in [0.2, 0.25) is 0 Å². The summed E-state index contributed by atoms with van der Waals surface area (Å²) in [4.78, 5) is 12.1. The largest absolute Gasteiger partial charge is 0.466 e. The molecule has 0 rings (SSSR count). The highest BCUT2D eigenvalue weighted by Crippen LogP contribution is 2.18. The van der Waals surface area contributed by atoms with Crippen LogP contribution in [0, 0.1) is 0 Å². The number of rotatable bonds is 54. The monoisotopic (exact) mass is 831 g/mol. The lowest BCUT2D eigenvalue weighted by Gasteiger charge is -2.06. The first-order chi connectivity index (χ1) is 29.3. The van der Waals surface area contributed by atoms with E-state index in [1.54, 1.807) is 0 Å². The zero-order valence-electron chi connectivity index (χ0n) is 41.5. The van der Waals surface area contributed by atoms with E-state index in [2.05, 4.69) is 13.8 Å². The van der Waals surface area contributed by atoms with Crippen LogP contribution in [0.25, 0.3) is 0 Å². The molecule has 0 spiro atoms. The Morgan fingerprint density at radius 2 is 0.373 bits per heavy atom. The molecule has 0 N–H and O–H groups in total. The molecular weight excluding hydrogens is 717 g/mol. The van der Waals surface area contributed by atoms with E-state index in [0.29, 0.717) is 13.0 Å². The lowest BCUT2D eigenvalue weighted by molar-refractivity contribution is -0.143. The Balaban J connectivity index is 3.13. The van der Waals surface area contributed by atoms with Gasteiger partial charge in [0.1, 0.15) is 0 Å². The molecule has 0 aromatic heterocycles. The molecule has 0 saturated heterocycles. The van der Waals surface area contributed by atoms with Crippen LogP contribution in [0.3, 0.4) is 0 Å². The molecule has 0 unspecified atom stereocenters. The Labute approximate surface area is 374 Å². The number of carbonyl (C=O) groups excluding carboxylic acids is 1. The van der Waals surface area contributed by atoms with Gasteiger partial charge in [0.05, 0.1) is 6.61 Å². The topological polar surface area (TPSA) is 26.3 Å². The van der Waals surface area contributed by atoms with Gasteiger partial charge in [0, 0.05) is 6.42 Å². The maximum absolute atomic E-state index is 12.1. The van der Waals surface area contributed by atoms with E-state index < -0.39 is 0 Å². The van der Waals surface area contributed by atoms with E-state index in [4.69, 9.17) is 4.74 Å². The third kappa shape index (κ3) is 55.5. The van der Waals surface area contributed by atoms with Crippen LogP contribution in [0.2, 0.25) is 0 Å². The average molecular weight is 832 g/mol. The van der Waals surface area contributed by atoms with E-state index in [9.17, 15) is 4.79 Å². The van der Waals surface area contributed by atoms with Gasteiger partial charge in [0.25, 0.3) is 0 Å². The van der Waals surface area contributed by atoms with Crippen molar-refractivity contribution < 1.29 is 9.53 Å². The van der Waals surface area contributed by atoms with Crippen LogP contribution >= 0.6 is 0 Å². The summed E-state index contributed by atoms with van der Waals surface area (Å²) in [5.41, 5.74) is 0. The second kappa shape index (κ2) is 55.5. The summed E-state index contributed by atoms with van der Waals surface area (Å²) in [6, 6.07) is 0. The van der Waals surface area contributed by atoms with Gasteiger partial charge in [-0.3, -0.25) is 4.79 Å². The lowest BCUT2D eigenvalue weighted by Crippen LogP contribution is -2.05. The van der Waals surface area contributed by atoms with Crippen molar-refractivity contribution >= 4 is 5.97 Å². The lowest BCUT2D eigenvalue weighted by atomic mass is 10.0. The number of carbonyl (C=O) groups is 1. The van der Waals surface area contributed by atoms with Crippen molar-refractivity contribution in [1.29, 1.82) is 0 Å². The molecule has 0 aromatic carbocycles. The van der Waals surface area contributed by atoms with Crippen molar-refractivity contribution in [2.24, 2.45) is 0 Å². The summed E-state index contributed by atoms with van der Waals surface area (Å²) in [5.74, 6) is 0.0353. The van der Waals surface area contributed by atoms with E-state index in [1.165, 1.54) is 321 Å². The molecule has 0 bridgehead atoms. The van der Waals surface area contributed by atoms with Crippen LogP contribution in [0.5, 0.6) is 0 Å². The predicted octanol–water partition coefficient (Wildman–Crippen LogP) is 21.2. The quantitative estimate of drug-likeness (QED) is 0.0451. The van der Waals surface area contributed by atoms with Gasteiger partial charge in [-0.2, -0.15) is 0 Å². The Morgan fingerprint density at radius 3 is 0.559 bits per heavy atom. The third-order valence-electron chi connectivity index (χ3n) is 13.5. The Kier molecular flexibility index (Phi) is 55.0. The van der Waals surface area contributed by atoms with Crippen molar-refractivity contribution in [2.45, 2.75) is 354 Å². The van der Waals surface area contributed by atoms with Crippen LogP contribution in [0.1, 0.15) is 354 Å². The summed E-state index contributed by atoms with van der Waals surface area (Å²) >= 11 is 0. The Morgan fingerprint density at radius 1 is 0.220 bits per heavy atom. The minimum Gasteiger partial charge on any atom is -0.466 e. The summed E-state index contributed by atoms with van der Waals surface area (Å²) in [6.45, 7) is 5.25. The summed E-state index contributed by atoms with van der Waals surface area (Å²) in [7, 11) is 0. The van der Waals surface area contributed by atoms with Gasteiger partial charge in [-0.05, 0) is 12.8 Å². The van der Waals surface area contributed by atoms with Crippen LogP contribution in [0.15, 0.2) is 0 Å². The fourth-order valence-corrected chi connectivity index (χ4v) is 9.26. The number of unbranched alkanes of at least 4 members (excludes halogenated alkanes) is 50. The molecule has 0 saturated carbocycles. The first kappa shape index (κ1) is 58.5. The van der Waals surface area contributed by atoms with Crippen LogP contribution in [0.4, 0.5) is 0 Å². The molecule has 0 fully saturated rings. The van der Waals surface area contributed by atoms with Gasteiger partial charge >= 0.3 is 5.97 Å². The van der Waals surface area contributed by atoms with E-state index in [-0.39, 0.29) is 5.97 Å². The summed E-state index contributed by atoms with van der Waals surface area (Å²) < 4.78 is 5.51. The van der Waals surface area contributed by atoms with Crippen LogP contribution in [-0.4, -0.2) is 12.6 Å². The van der Waals surface area contributed by atoms with Gasteiger partial charge in [0.15, 0.2) is 0 Å². The molecule has 0 atom stereocenters. The molecule has 0 aromatic rings. The highest BCUT2D eigenvalue weighted by molar-refractivity contribution is 5.69. The van der Waals surface area contributed by atoms with Crippen LogP contribution in [-0.2, 0) is 9.53 Å². The second-order valence-corrected chi connectivity index (χ2v) is 19.6. The minimum absolute atomic E-state index is 0.0353. The molecule has 0 aliphatic heterocycles. The molecule has 2 heteroatoms. The first-order valence-electron chi connectivity index (χ1n) is 28.5. The van der Waals surface area contributed by atoms with Crippen molar-refractivity contribution in [3.8, 4) is 0 Å². The molecule has 354 valence electrons. The third-order valence-corrected chi connectivity index (χ3v) is 13.5. The fraction of sp³-hybridized carbons (Fsp3) is 0.982. The van der Waals surface area contributed by atoms with Gasteiger partial charge in [-0.1, -0.05) is 335 Å². The van der Waals surface area contributed by atoms with Gasteiger partial charge in [-0.15, -0.1) is 0 Å². The number of hydrogen-bond donors (Lipinski definition) is 0. The molecular formula is C57H114O2. The molecule has 0 aliphatic carbocycles. The molecule has 0 radical (unpaired) electrons. The molecule has 0 aliphatic rings. The zero-order valence-corrected chi connectivity index (χ0v) is 41.5. The highest BCUT2D eigenvalue weighted by atomic mass is 16.5. The molecule has 2 nitrogen and oxygen atoms in total. The van der Waals surface area contributed by atoms with E-state index >= 15 is 0 Å². The standard InChI is InChI=1S/C57H114O2/c1-3-5-7-9-11-13-15-17-19-21-23-24-25-26-27-28-29-30-31-32-33-34-35-36-37-39-41-43-45-47-49-51-53-55-57(58)59-56-54-52-50-48-46-44-42-40-38-22-20-18-16-14-12-10-8-6-4-2/h3-56H2,1-2H3. The second-order valence-electron chi connectivity index (χ2n) is 19.6. The smallest absolute Gasteiger partial charge is 0.305 e. The molecule has 59 heavy (non-hydrogen) atoms. The Bertz CT molecular complexity index is 732. The average Bonchev–Trinajstić information content (AvgIpc) is 3.24. The molecule has 0 heterocycles. The van der Waals surface area contributed by atoms with Crippen molar-refractivity contribution in [3.05, 3.63) is 0 Å². The van der Waals surface area contributed by atoms with Crippen molar-refractivity contribution in [2.75, 3.05) is 6.61 Å². The molecule has 0 amide bonds. The van der Waals surface area contributed by atoms with E-state index in [1.807, 2.05) is 0 Å². The maximum Gasteiger partial charge on any atom is 0.305 e. The first-order valence-corrected chi connectivity index (χ1v) is 28.5. The zero-order chi connectivity index (χ0) is 42.5. The maximum atomic E-state index is 12.1. The Hall–Kier alpha value is -0.530. The predicted molar refractivity (Wildman–Crippen MR) is 267 cm³/mol. The van der Waals surface area contributed by atoms with Gasteiger partial charge < -0.3 is 4.74 Å². The minimum atomic E-state index is 0.0353. The summed E-state index contributed by atoms with van der Waals surface area (Å²) in [5, 5.41) is 0. The van der Waals surface area contributed by atoms with Crippen molar-refractivity contribution in [1.82, 2.24) is 0 Å². The van der Waals surface area contributed by atoms with E-state index in [0.717, 1.165) is 12.8 Å². The number of ether oxygens (including phenoxy) is 1. The van der Waals surface area contributed by atoms with Crippen molar-refractivity contribution in [3.63, 3.8) is 0 Å².